The van der Waals surface area contributed by atoms with Crippen LogP contribution in [0.5, 0.6) is 5.75 Å². The molecule has 0 saturated carbocycles. The number of methoxy groups -OCH3 is 1. The van der Waals surface area contributed by atoms with Crippen LogP contribution < -0.4 is 14.5 Å². The number of benzene rings is 1. The molecule has 1 aliphatic heterocycles. The van der Waals surface area contributed by atoms with Crippen molar-refractivity contribution in [2.24, 2.45) is 0 Å². The molecule has 26 heavy (non-hydrogen) atoms. The van der Waals surface area contributed by atoms with Crippen molar-refractivity contribution in [1.29, 1.82) is 0 Å². The summed E-state index contributed by atoms with van der Waals surface area (Å²) in [5.41, 5.74) is 0.814. The van der Waals surface area contributed by atoms with Gasteiger partial charge in [0.05, 0.1) is 12.8 Å². The van der Waals surface area contributed by atoms with Gasteiger partial charge in [0, 0.05) is 37.6 Å². The van der Waals surface area contributed by atoms with Crippen molar-refractivity contribution in [3.8, 4) is 5.75 Å². The number of nitrogens with zero attached hydrogens (tertiary/aromatic N) is 5. The van der Waals surface area contributed by atoms with E-state index in [0.717, 1.165) is 5.69 Å². The molecule has 1 fully saturated rings. The van der Waals surface area contributed by atoms with Crippen LogP contribution in [0.3, 0.4) is 0 Å². The van der Waals surface area contributed by atoms with Gasteiger partial charge in [0.2, 0.25) is 5.82 Å². The Kier molecular flexibility index (Phi) is 4.11. The molecule has 10 heteroatoms. The Morgan fingerprint density at radius 1 is 1.27 bits per heavy atom. The highest BCUT2D eigenvalue weighted by Gasteiger charge is 2.30. The number of imidazole rings is 1. The van der Waals surface area contributed by atoms with Gasteiger partial charge < -0.3 is 24.7 Å². The van der Waals surface area contributed by atoms with Gasteiger partial charge in [-0.25, -0.2) is 4.39 Å². The van der Waals surface area contributed by atoms with Crippen molar-refractivity contribution in [3.05, 3.63) is 45.7 Å². The number of hydrogen-bond acceptors (Lipinski definition) is 7. The summed E-state index contributed by atoms with van der Waals surface area (Å²) in [6, 6.07) is 4.45. The van der Waals surface area contributed by atoms with E-state index in [4.69, 9.17) is 4.74 Å². The van der Waals surface area contributed by atoms with E-state index in [2.05, 4.69) is 9.88 Å². The molecule has 0 atom stereocenters. The molecule has 0 bridgehead atoms. The summed E-state index contributed by atoms with van der Waals surface area (Å²) in [5.74, 6) is 0.520. The van der Waals surface area contributed by atoms with Gasteiger partial charge >= 0.3 is 5.82 Å². The summed E-state index contributed by atoms with van der Waals surface area (Å²) < 4.78 is 20.2. The van der Waals surface area contributed by atoms with Crippen LogP contribution in [0.1, 0.15) is 0 Å². The number of halogens is 1. The van der Waals surface area contributed by atoms with Crippen LogP contribution in [0.25, 0.3) is 4.96 Å². The molecule has 0 N–H and O–H groups in total. The fourth-order valence-corrected chi connectivity index (χ4v) is 3.92. The number of thiazole rings is 1. The Morgan fingerprint density at radius 3 is 2.69 bits per heavy atom. The van der Waals surface area contributed by atoms with Gasteiger partial charge in [0.25, 0.3) is 4.96 Å². The predicted octanol–water partition coefficient (Wildman–Crippen LogP) is 2.78. The number of nitro groups is 1. The smallest absolute Gasteiger partial charge is 0.373 e. The third-order valence-corrected chi connectivity index (χ3v) is 5.21. The standard InChI is InChI=1S/C16H16FN5O3S/c1-25-13-10-11(17)2-3-12(13)19-4-6-20(7-5-19)14-15(22(23)24)21-8-9-26-16(21)18-14/h2-3,8-10H,4-7H2,1H3. The van der Waals surface area contributed by atoms with Crippen LogP contribution in [0.2, 0.25) is 0 Å². The lowest BCUT2D eigenvalue weighted by Crippen LogP contribution is -2.47. The Hall–Kier alpha value is -2.88. The minimum atomic E-state index is -0.391. The maximum Gasteiger partial charge on any atom is 0.373 e. The normalized spacial score (nSPS) is 14.8. The van der Waals surface area contributed by atoms with Gasteiger partial charge in [-0.15, -0.1) is 0 Å². The highest BCUT2D eigenvalue weighted by molar-refractivity contribution is 7.15. The molecule has 3 heterocycles. The zero-order valence-corrected chi connectivity index (χ0v) is 14.8. The summed E-state index contributed by atoms with van der Waals surface area (Å²) in [6.45, 7) is 2.41. The second-order valence-electron chi connectivity index (χ2n) is 5.86. The van der Waals surface area contributed by atoms with E-state index >= 15 is 0 Å². The quantitative estimate of drug-likeness (QED) is 0.514. The van der Waals surface area contributed by atoms with E-state index in [9.17, 15) is 14.5 Å². The topological polar surface area (TPSA) is 76.2 Å². The van der Waals surface area contributed by atoms with Crippen LogP contribution in [-0.4, -0.2) is 47.6 Å². The van der Waals surface area contributed by atoms with Crippen LogP contribution in [-0.2, 0) is 0 Å². The fourth-order valence-electron chi connectivity index (χ4n) is 3.22. The van der Waals surface area contributed by atoms with E-state index in [1.54, 1.807) is 17.6 Å². The Balaban J connectivity index is 1.57. The van der Waals surface area contributed by atoms with Crippen LogP contribution in [0.4, 0.5) is 21.7 Å². The largest absolute Gasteiger partial charge is 0.494 e. The van der Waals surface area contributed by atoms with Gasteiger partial charge in [-0.3, -0.25) is 0 Å². The first-order chi connectivity index (χ1) is 12.6. The maximum atomic E-state index is 13.4. The summed E-state index contributed by atoms with van der Waals surface area (Å²) >= 11 is 1.37. The molecule has 1 aliphatic rings. The average molecular weight is 377 g/mol. The monoisotopic (exact) mass is 377 g/mol. The van der Waals surface area contributed by atoms with E-state index in [1.807, 2.05) is 4.90 Å². The minimum Gasteiger partial charge on any atom is -0.494 e. The van der Waals surface area contributed by atoms with Crippen LogP contribution >= 0.6 is 11.3 Å². The average Bonchev–Trinajstić information content (AvgIpc) is 3.22. The van der Waals surface area contributed by atoms with E-state index in [0.29, 0.717) is 42.7 Å². The number of fused-ring (bicyclic) bond motifs is 1. The van der Waals surface area contributed by atoms with E-state index in [1.165, 1.54) is 35.0 Å². The number of rotatable bonds is 4. The second-order valence-corrected chi connectivity index (χ2v) is 6.73. The second kappa shape index (κ2) is 6.45. The van der Waals surface area contributed by atoms with Crippen LogP contribution in [0, 0.1) is 15.9 Å². The van der Waals surface area contributed by atoms with Crippen molar-refractivity contribution in [1.82, 2.24) is 9.38 Å². The first-order valence-electron chi connectivity index (χ1n) is 8.02. The van der Waals surface area contributed by atoms with Crippen molar-refractivity contribution < 1.29 is 14.1 Å². The molecule has 0 radical (unpaired) electrons. The minimum absolute atomic E-state index is 0.00550. The first kappa shape index (κ1) is 16.6. The zero-order valence-electron chi connectivity index (χ0n) is 14.0. The maximum absolute atomic E-state index is 13.4. The molecule has 2 aromatic heterocycles. The number of anilines is 2. The SMILES string of the molecule is COc1cc(F)ccc1N1CCN(c2nc3sccn3c2[N+](=O)[O-])CC1. The van der Waals surface area contributed by atoms with Gasteiger partial charge in [0.15, 0.2) is 0 Å². The number of piperazine rings is 1. The lowest BCUT2D eigenvalue weighted by molar-refractivity contribution is -0.389. The molecule has 1 saturated heterocycles. The lowest BCUT2D eigenvalue weighted by atomic mass is 10.2. The van der Waals surface area contributed by atoms with E-state index in [-0.39, 0.29) is 11.6 Å². The molecular weight excluding hydrogens is 361 g/mol. The Labute approximate surface area is 152 Å². The summed E-state index contributed by atoms with van der Waals surface area (Å²) in [7, 11) is 1.51. The summed E-state index contributed by atoms with van der Waals surface area (Å²) in [4.78, 5) is 20.2. The van der Waals surface area contributed by atoms with E-state index < -0.39 is 4.92 Å². The molecule has 0 aliphatic carbocycles. The van der Waals surface area contributed by atoms with Crippen molar-refractivity contribution >= 4 is 33.6 Å². The summed E-state index contributed by atoms with van der Waals surface area (Å²) in [6.07, 6.45) is 1.66. The summed E-state index contributed by atoms with van der Waals surface area (Å²) in [5, 5.41) is 13.3. The Bertz CT molecular complexity index is 964. The van der Waals surface area contributed by atoms with Gasteiger partial charge in [0.1, 0.15) is 17.8 Å². The number of aromatic nitrogens is 2. The first-order valence-corrected chi connectivity index (χ1v) is 8.90. The highest BCUT2D eigenvalue weighted by atomic mass is 32.1. The van der Waals surface area contributed by atoms with Gasteiger partial charge in [-0.05, 0) is 17.1 Å². The van der Waals surface area contributed by atoms with Crippen LogP contribution in [0.15, 0.2) is 29.8 Å². The molecule has 136 valence electrons. The molecule has 0 amide bonds. The molecule has 8 nitrogen and oxygen atoms in total. The third kappa shape index (κ3) is 2.71. The molecule has 0 unspecified atom stereocenters. The van der Waals surface area contributed by atoms with Crippen molar-refractivity contribution in [2.75, 3.05) is 43.1 Å². The number of hydrogen-bond donors (Lipinski definition) is 0. The predicted molar refractivity (Wildman–Crippen MR) is 97.1 cm³/mol. The lowest BCUT2D eigenvalue weighted by Gasteiger charge is -2.36. The Morgan fingerprint density at radius 2 is 2.00 bits per heavy atom. The number of ether oxygens (including phenoxy) is 1. The van der Waals surface area contributed by atoms with Crippen molar-refractivity contribution in [2.45, 2.75) is 0 Å². The van der Waals surface area contributed by atoms with Crippen molar-refractivity contribution in [3.63, 3.8) is 0 Å². The zero-order chi connectivity index (χ0) is 18.3. The van der Waals surface area contributed by atoms with Gasteiger partial charge in [-0.1, -0.05) is 11.3 Å². The molecule has 4 rings (SSSR count). The third-order valence-electron chi connectivity index (χ3n) is 4.45. The molecule has 3 aromatic rings. The van der Waals surface area contributed by atoms with Gasteiger partial charge in [-0.2, -0.15) is 9.38 Å². The molecular formula is C16H16FN5O3S. The fraction of sp³-hybridized carbons (Fsp3) is 0.312. The highest BCUT2D eigenvalue weighted by Crippen LogP contribution is 2.34. The molecule has 0 spiro atoms. The molecule has 1 aromatic carbocycles.